The number of likely N-dealkylation sites (N-methyl/N-ethyl adjacent to an activating group) is 2. The lowest BCUT2D eigenvalue weighted by Gasteiger charge is -2.21. The predicted molar refractivity (Wildman–Crippen MR) is 72.0 cm³/mol. The van der Waals surface area contributed by atoms with E-state index in [-0.39, 0.29) is 5.56 Å². The van der Waals surface area contributed by atoms with Crippen LogP contribution < -0.4 is 0 Å². The van der Waals surface area contributed by atoms with Crippen LogP contribution in [0.25, 0.3) is 0 Å². The van der Waals surface area contributed by atoms with E-state index in [1.807, 2.05) is 21.1 Å². The van der Waals surface area contributed by atoms with Gasteiger partial charge in [0.15, 0.2) is 11.6 Å². The molecule has 0 heterocycles. The average molecular weight is 272 g/mol. The largest absolute Gasteiger partial charge is 0.388 e. The Labute approximate surface area is 113 Å². The van der Waals surface area contributed by atoms with E-state index in [0.29, 0.717) is 13.0 Å². The van der Waals surface area contributed by atoms with E-state index in [4.69, 9.17) is 0 Å². The molecule has 0 saturated carbocycles. The molecule has 0 aliphatic rings. The maximum Gasteiger partial charge on any atom is 0.164 e. The molecule has 19 heavy (non-hydrogen) atoms. The van der Waals surface area contributed by atoms with E-state index in [9.17, 15) is 13.9 Å². The van der Waals surface area contributed by atoms with Gasteiger partial charge in [0.05, 0.1) is 6.10 Å². The summed E-state index contributed by atoms with van der Waals surface area (Å²) in [6, 6.07) is 3.88. The van der Waals surface area contributed by atoms with Crippen LogP contribution in [0.4, 0.5) is 8.78 Å². The molecule has 0 fully saturated rings. The van der Waals surface area contributed by atoms with Crippen molar-refractivity contribution in [2.45, 2.75) is 12.5 Å². The topological polar surface area (TPSA) is 26.7 Å². The first-order valence-corrected chi connectivity index (χ1v) is 6.37. The van der Waals surface area contributed by atoms with Gasteiger partial charge in [-0.1, -0.05) is 12.1 Å². The van der Waals surface area contributed by atoms with E-state index in [1.54, 1.807) is 0 Å². The summed E-state index contributed by atoms with van der Waals surface area (Å²) in [7, 11) is 5.92. The van der Waals surface area contributed by atoms with Crippen molar-refractivity contribution in [3.63, 3.8) is 0 Å². The van der Waals surface area contributed by atoms with Crippen LogP contribution in [-0.2, 0) is 0 Å². The van der Waals surface area contributed by atoms with Crippen molar-refractivity contribution in [3.05, 3.63) is 35.4 Å². The van der Waals surface area contributed by atoms with Gasteiger partial charge in [-0.25, -0.2) is 8.78 Å². The zero-order valence-electron chi connectivity index (χ0n) is 11.7. The van der Waals surface area contributed by atoms with Crippen LogP contribution >= 0.6 is 0 Å². The minimum absolute atomic E-state index is 0.0287. The van der Waals surface area contributed by atoms with Crippen molar-refractivity contribution >= 4 is 0 Å². The Morgan fingerprint density at radius 2 is 1.79 bits per heavy atom. The maximum absolute atomic E-state index is 13.5. The summed E-state index contributed by atoms with van der Waals surface area (Å²) in [6.07, 6.45) is -0.595. The zero-order chi connectivity index (χ0) is 14.4. The first kappa shape index (κ1) is 16.0. The van der Waals surface area contributed by atoms with Gasteiger partial charge in [-0.2, -0.15) is 0 Å². The molecule has 0 bridgehead atoms. The molecule has 0 amide bonds. The summed E-state index contributed by atoms with van der Waals surface area (Å²) in [5.74, 6) is -1.87. The van der Waals surface area contributed by atoms with E-state index in [1.165, 1.54) is 12.1 Å². The van der Waals surface area contributed by atoms with Gasteiger partial charge in [0.1, 0.15) is 0 Å². The summed E-state index contributed by atoms with van der Waals surface area (Å²) >= 11 is 0. The van der Waals surface area contributed by atoms with Gasteiger partial charge in [0.2, 0.25) is 0 Å². The third kappa shape index (κ3) is 5.22. The fourth-order valence-electron chi connectivity index (χ4n) is 1.76. The van der Waals surface area contributed by atoms with Gasteiger partial charge in [0.25, 0.3) is 0 Å². The van der Waals surface area contributed by atoms with Crippen molar-refractivity contribution in [2.24, 2.45) is 0 Å². The Balaban J connectivity index is 2.47. The second-order valence-electron chi connectivity index (χ2n) is 5.05. The van der Waals surface area contributed by atoms with Crippen molar-refractivity contribution in [1.82, 2.24) is 9.80 Å². The van der Waals surface area contributed by atoms with Crippen molar-refractivity contribution in [1.29, 1.82) is 0 Å². The van der Waals surface area contributed by atoms with Gasteiger partial charge in [-0.3, -0.25) is 0 Å². The summed E-state index contributed by atoms with van der Waals surface area (Å²) in [5, 5.41) is 9.91. The molecular weight excluding hydrogens is 250 g/mol. The molecule has 1 rings (SSSR count). The number of hydrogen-bond donors (Lipinski definition) is 1. The Kier molecular flexibility index (Phi) is 6.34. The molecule has 1 unspecified atom stereocenters. The Morgan fingerprint density at radius 3 is 2.42 bits per heavy atom. The molecule has 0 spiro atoms. The lowest BCUT2D eigenvalue weighted by molar-refractivity contribution is 0.142. The van der Waals surface area contributed by atoms with E-state index < -0.39 is 17.7 Å². The first-order chi connectivity index (χ1) is 8.91. The van der Waals surface area contributed by atoms with Crippen LogP contribution in [-0.4, -0.2) is 55.7 Å². The van der Waals surface area contributed by atoms with Gasteiger partial charge >= 0.3 is 0 Å². The number of benzene rings is 1. The van der Waals surface area contributed by atoms with E-state index in [2.05, 4.69) is 9.80 Å². The molecule has 3 nitrogen and oxygen atoms in total. The molecular formula is C14H22F2N2O. The molecule has 1 aromatic rings. The molecule has 1 aromatic carbocycles. The lowest BCUT2D eigenvalue weighted by atomic mass is 10.1. The molecule has 0 aromatic heterocycles. The number of rotatable bonds is 7. The highest BCUT2D eigenvalue weighted by molar-refractivity contribution is 5.21. The summed E-state index contributed by atoms with van der Waals surface area (Å²) in [5.41, 5.74) is 0.0287. The first-order valence-electron chi connectivity index (χ1n) is 6.37. The van der Waals surface area contributed by atoms with Crippen LogP contribution in [0.1, 0.15) is 18.1 Å². The Hall–Kier alpha value is -1.04. The van der Waals surface area contributed by atoms with Crippen LogP contribution in [0.15, 0.2) is 18.2 Å². The number of nitrogens with zero attached hydrogens (tertiary/aromatic N) is 2. The molecule has 0 aliphatic carbocycles. The van der Waals surface area contributed by atoms with Crippen molar-refractivity contribution < 1.29 is 13.9 Å². The Morgan fingerprint density at radius 1 is 1.11 bits per heavy atom. The fraction of sp³-hybridized carbons (Fsp3) is 0.571. The Bertz CT molecular complexity index is 399. The van der Waals surface area contributed by atoms with Crippen LogP contribution in [0, 0.1) is 11.6 Å². The van der Waals surface area contributed by atoms with E-state index >= 15 is 0 Å². The molecule has 108 valence electrons. The highest BCUT2D eigenvalue weighted by atomic mass is 19.2. The predicted octanol–water partition coefficient (Wildman–Crippen LogP) is 1.88. The number of aliphatic hydroxyl groups is 1. The SMILES string of the molecule is CN(C)CCN(C)CCC(O)c1cccc(F)c1F. The monoisotopic (exact) mass is 272 g/mol. The van der Waals surface area contributed by atoms with Gasteiger partial charge < -0.3 is 14.9 Å². The second-order valence-corrected chi connectivity index (χ2v) is 5.05. The number of aliphatic hydroxyl groups excluding tert-OH is 1. The zero-order valence-corrected chi connectivity index (χ0v) is 11.7. The molecule has 1 N–H and O–H groups in total. The van der Waals surface area contributed by atoms with Gasteiger partial charge in [0, 0.05) is 25.2 Å². The third-order valence-electron chi connectivity index (χ3n) is 3.05. The van der Waals surface area contributed by atoms with Crippen molar-refractivity contribution in [2.75, 3.05) is 40.8 Å². The molecule has 0 saturated heterocycles. The number of hydrogen-bond acceptors (Lipinski definition) is 3. The second kappa shape index (κ2) is 7.53. The normalized spacial score (nSPS) is 13.3. The average Bonchev–Trinajstić information content (AvgIpc) is 2.36. The van der Waals surface area contributed by atoms with Crippen LogP contribution in [0.3, 0.4) is 0 Å². The van der Waals surface area contributed by atoms with E-state index in [0.717, 1.165) is 19.2 Å². The highest BCUT2D eigenvalue weighted by Crippen LogP contribution is 2.21. The summed E-state index contributed by atoms with van der Waals surface area (Å²) in [4.78, 5) is 4.12. The fourth-order valence-corrected chi connectivity index (χ4v) is 1.76. The minimum Gasteiger partial charge on any atom is -0.388 e. The standard InChI is InChI=1S/C14H22F2N2O/c1-17(2)9-10-18(3)8-7-13(19)11-5-4-6-12(15)14(11)16/h4-6,13,19H,7-10H2,1-3H3. The van der Waals surface area contributed by atoms with Crippen LogP contribution in [0.2, 0.25) is 0 Å². The molecule has 5 heteroatoms. The minimum atomic E-state index is -0.975. The van der Waals surface area contributed by atoms with Crippen LogP contribution in [0.5, 0.6) is 0 Å². The number of halogens is 2. The highest BCUT2D eigenvalue weighted by Gasteiger charge is 2.16. The quantitative estimate of drug-likeness (QED) is 0.821. The molecule has 0 radical (unpaired) electrons. The van der Waals surface area contributed by atoms with Crippen molar-refractivity contribution in [3.8, 4) is 0 Å². The summed E-state index contributed by atoms with van der Waals surface area (Å²) < 4.78 is 26.5. The van der Waals surface area contributed by atoms with Gasteiger partial charge in [-0.15, -0.1) is 0 Å². The smallest absolute Gasteiger partial charge is 0.164 e. The maximum atomic E-state index is 13.5. The lowest BCUT2D eigenvalue weighted by Crippen LogP contribution is -2.30. The third-order valence-corrected chi connectivity index (χ3v) is 3.05. The summed E-state index contributed by atoms with van der Waals surface area (Å²) in [6.45, 7) is 2.41. The van der Waals surface area contributed by atoms with Gasteiger partial charge in [-0.05, 0) is 33.6 Å². The molecule has 1 atom stereocenters. The molecule has 0 aliphatic heterocycles.